The van der Waals surface area contributed by atoms with Crippen molar-refractivity contribution in [3.8, 4) is 0 Å². The maximum absolute atomic E-state index is 11.7. The van der Waals surface area contributed by atoms with E-state index < -0.39 is 0 Å². The lowest BCUT2D eigenvalue weighted by molar-refractivity contribution is -0.126. The number of carbonyl (C=O) groups is 2. The van der Waals surface area contributed by atoms with Crippen molar-refractivity contribution in [2.24, 2.45) is 5.10 Å². The van der Waals surface area contributed by atoms with E-state index in [0.29, 0.717) is 24.3 Å². The Labute approximate surface area is 134 Å². The maximum atomic E-state index is 11.7. The molecule has 6 nitrogen and oxygen atoms in total. The number of hydrogen-bond donors (Lipinski definition) is 2. The first-order valence-corrected chi connectivity index (χ1v) is 7.33. The maximum Gasteiger partial charge on any atom is 0.259 e. The number of hydrogen-bond acceptors (Lipinski definition) is 4. The first kappa shape index (κ1) is 16.5. The largest absolute Gasteiger partial charge is 0.463 e. The molecule has 0 atom stereocenters. The SMILES string of the molecule is C/C(=N/NC(=O)CNC(=O)CCc1ccccc1)c1ccco1. The zero-order valence-electron chi connectivity index (χ0n) is 12.9. The van der Waals surface area contributed by atoms with Gasteiger partial charge in [0.2, 0.25) is 5.91 Å². The van der Waals surface area contributed by atoms with Crippen LogP contribution in [0.5, 0.6) is 0 Å². The lowest BCUT2D eigenvalue weighted by atomic mass is 10.1. The number of furan rings is 1. The summed E-state index contributed by atoms with van der Waals surface area (Å²) < 4.78 is 5.15. The van der Waals surface area contributed by atoms with Crippen LogP contribution in [0.1, 0.15) is 24.7 Å². The van der Waals surface area contributed by atoms with E-state index in [1.54, 1.807) is 19.1 Å². The van der Waals surface area contributed by atoms with Crippen molar-refractivity contribution in [1.29, 1.82) is 0 Å². The second-order valence-corrected chi connectivity index (χ2v) is 4.97. The Hall–Kier alpha value is -2.89. The molecule has 0 bridgehead atoms. The summed E-state index contributed by atoms with van der Waals surface area (Å²) in [5.41, 5.74) is 4.02. The van der Waals surface area contributed by atoms with Gasteiger partial charge in [-0.3, -0.25) is 9.59 Å². The van der Waals surface area contributed by atoms with E-state index in [1.807, 2.05) is 30.3 Å². The molecule has 1 aromatic carbocycles. The van der Waals surface area contributed by atoms with Gasteiger partial charge in [0, 0.05) is 6.42 Å². The molecule has 1 aromatic heterocycles. The summed E-state index contributed by atoms with van der Waals surface area (Å²) in [7, 11) is 0. The predicted octanol–water partition coefficient (Wildman–Crippen LogP) is 1.87. The van der Waals surface area contributed by atoms with Gasteiger partial charge in [-0.05, 0) is 31.0 Å². The number of rotatable bonds is 7. The lowest BCUT2D eigenvalue weighted by Crippen LogP contribution is -2.35. The monoisotopic (exact) mass is 313 g/mol. The van der Waals surface area contributed by atoms with Gasteiger partial charge in [0.1, 0.15) is 11.5 Å². The average Bonchev–Trinajstić information content (AvgIpc) is 3.11. The molecule has 0 aliphatic carbocycles. The van der Waals surface area contributed by atoms with Crippen LogP contribution in [0.3, 0.4) is 0 Å². The molecule has 0 radical (unpaired) electrons. The Kier molecular flexibility index (Phi) is 6.11. The molecule has 6 heteroatoms. The van der Waals surface area contributed by atoms with Gasteiger partial charge in [-0.1, -0.05) is 30.3 Å². The number of amides is 2. The molecule has 2 aromatic rings. The summed E-state index contributed by atoms with van der Waals surface area (Å²) in [4.78, 5) is 23.3. The lowest BCUT2D eigenvalue weighted by Gasteiger charge is -2.05. The molecule has 0 unspecified atom stereocenters. The minimum atomic E-state index is -0.385. The molecule has 0 aliphatic heterocycles. The summed E-state index contributed by atoms with van der Waals surface area (Å²) in [6, 6.07) is 13.2. The summed E-state index contributed by atoms with van der Waals surface area (Å²) in [5, 5.41) is 6.48. The van der Waals surface area contributed by atoms with Crippen molar-refractivity contribution < 1.29 is 14.0 Å². The second-order valence-electron chi connectivity index (χ2n) is 4.97. The summed E-state index contributed by atoms with van der Waals surface area (Å²) in [6.45, 7) is 1.61. The van der Waals surface area contributed by atoms with Crippen molar-refractivity contribution in [3.63, 3.8) is 0 Å². The molecular formula is C17H19N3O3. The van der Waals surface area contributed by atoms with Crippen LogP contribution in [-0.4, -0.2) is 24.1 Å². The van der Waals surface area contributed by atoms with Crippen molar-refractivity contribution in [2.75, 3.05) is 6.54 Å². The van der Waals surface area contributed by atoms with Gasteiger partial charge in [-0.25, -0.2) is 5.43 Å². The van der Waals surface area contributed by atoms with E-state index in [2.05, 4.69) is 15.8 Å². The average molecular weight is 313 g/mol. The van der Waals surface area contributed by atoms with Gasteiger partial charge >= 0.3 is 0 Å². The predicted molar refractivity (Wildman–Crippen MR) is 86.8 cm³/mol. The molecule has 23 heavy (non-hydrogen) atoms. The van der Waals surface area contributed by atoms with E-state index >= 15 is 0 Å². The molecule has 0 aliphatic rings. The van der Waals surface area contributed by atoms with Gasteiger partial charge in [0.05, 0.1) is 12.8 Å². The highest BCUT2D eigenvalue weighted by Gasteiger charge is 2.06. The van der Waals surface area contributed by atoms with Crippen molar-refractivity contribution in [3.05, 3.63) is 60.1 Å². The normalized spacial score (nSPS) is 11.1. The van der Waals surface area contributed by atoms with E-state index in [9.17, 15) is 9.59 Å². The quantitative estimate of drug-likeness (QED) is 0.604. The van der Waals surface area contributed by atoms with Crippen molar-refractivity contribution in [1.82, 2.24) is 10.7 Å². The van der Waals surface area contributed by atoms with E-state index in [1.165, 1.54) is 6.26 Å². The van der Waals surface area contributed by atoms with Crippen LogP contribution in [0.25, 0.3) is 0 Å². The number of benzene rings is 1. The first-order chi connectivity index (χ1) is 11.1. The van der Waals surface area contributed by atoms with Crippen LogP contribution in [0, 0.1) is 0 Å². The molecule has 0 spiro atoms. The fraction of sp³-hybridized carbons (Fsp3) is 0.235. The number of hydrazone groups is 1. The van der Waals surface area contributed by atoms with Crippen LogP contribution in [-0.2, 0) is 16.0 Å². The number of aryl methyl sites for hydroxylation is 1. The second kappa shape index (κ2) is 8.53. The standard InChI is InChI=1S/C17H19N3O3/c1-13(15-8-5-11-23-15)19-20-17(22)12-18-16(21)10-9-14-6-3-2-4-7-14/h2-8,11H,9-10,12H2,1H3,(H,18,21)(H,20,22)/b19-13-. The van der Waals surface area contributed by atoms with Crippen LogP contribution >= 0.6 is 0 Å². The third kappa shape index (κ3) is 5.78. The molecule has 0 saturated heterocycles. The van der Waals surface area contributed by atoms with Crippen molar-refractivity contribution >= 4 is 17.5 Å². The molecule has 1 heterocycles. The zero-order chi connectivity index (χ0) is 16.5. The summed E-state index contributed by atoms with van der Waals surface area (Å²) in [6.07, 6.45) is 2.51. The fourth-order valence-corrected chi connectivity index (χ4v) is 1.90. The minimum Gasteiger partial charge on any atom is -0.463 e. The van der Waals surface area contributed by atoms with Crippen LogP contribution < -0.4 is 10.7 Å². The highest BCUT2D eigenvalue weighted by molar-refractivity contribution is 5.97. The third-order valence-electron chi connectivity index (χ3n) is 3.16. The minimum absolute atomic E-state index is 0.109. The molecule has 120 valence electrons. The summed E-state index contributed by atoms with van der Waals surface area (Å²) >= 11 is 0. The van der Waals surface area contributed by atoms with Gasteiger partial charge in [0.15, 0.2) is 0 Å². The summed E-state index contributed by atoms with van der Waals surface area (Å²) in [5.74, 6) is 0.0249. The topological polar surface area (TPSA) is 83.7 Å². The Morgan fingerprint density at radius 3 is 2.57 bits per heavy atom. The Morgan fingerprint density at radius 2 is 1.87 bits per heavy atom. The Morgan fingerprint density at radius 1 is 1.09 bits per heavy atom. The molecular weight excluding hydrogens is 294 g/mol. The zero-order valence-corrected chi connectivity index (χ0v) is 12.9. The molecule has 2 rings (SSSR count). The molecule has 0 fully saturated rings. The molecule has 2 N–H and O–H groups in total. The number of nitrogens with zero attached hydrogens (tertiary/aromatic N) is 1. The first-order valence-electron chi connectivity index (χ1n) is 7.33. The number of nitrogens with one attached hydrogen (secondary N) is 2. The van der Waals surface area contributed by atoms with E-state index in [-0.39, 0.29) is 18.4 Å². The Bertz CT molecular complexity index is 664. The highest BCUT2D eigenvalue weighted by Crippen LogP contribution is 2.02. The molecule has 2 amide bonds. The van der Waals surface area contributed by atoms with Gasteiger partial charge in [-0.15, -0.1) is 0 Å². The van der Waals surface area contributed by atoms with Crippen molar-refractivity contribution in [2.45, 2.75) is 19.8 Å². The van der Waals surface area contributed by atoms with Crippen LogP contribution in [0.15, 0.2) is 58.2 Å². The van der Waals surface area contributed by atoms with Gasteiger partial charge in [-0.2, -0.15) is 5.10 Å². The smallest absolute Gasteiger partial charge is 0.259 e. The molecule has 0 saturated carbocycles. The van der Waals surface area contributed by atoms with Crippen LogP contribution in [0.2, 0.25) is 0 Å². The van der Waals surface area contributed by atoms with E-state index in [0.717, 1.165) is 5.56 Å². The Balaban J connectivity index is 1.67. The van der Waals surface area contributed by atoms with E-state index in [4.69, 9.17) is 4.42 Å². The van der Waals surface area contributed by atoms with Gasteiger partial charge in [0.25, 0.3) is 5.91 Å². The van der Waals surface area contributed by atoms with Crippen LogP contribution in [0.4, 0.5) is 0 Å². The number of carbonyl (C=O) groups excluding carboxylic acids is 2. The third-order valence-corrected chi connectivity index (χ3v) is 3.16. The highest BCUT2D eigenvalue weighted by atomic mass is 16.3. The fourth-order valence-electron chi connectivity index (χ4n) is 1.90. The van der Waals surface area contributed by atoms with Gasteiger partial charge < -0.3 is 9.73 Å².